The largest absolute Gasteiger partial charge is 0.443 e. The number of anilines is 1. The van der Waals surface area contributed by atoms with E-state index >= 15 is 0 Å². The summed E-state index contributed by atoms with van der Waals surface area (Å²) in [5.41, 5.74) is 0.872. The average molecular weight is 869 g/mol. The number of carbonyl (C=O) groups is 5. The molecule has 6 fully saturated rings. The van der Waals surface area contributed by atoms with Gasteiger partial charge in [0.15, 0.2) is 5.37 Å². The summed E-state index contributed by atoms with van der Waals surface area (Å²) in [6.07, 6.45) is 7.96. The molecule has 0 radical (unpaired) electrons. The predicted molar refractivity (Wildman–Crippen MR) is 216 cm³/mol. The maximum atomic E-state index is 14.0. The summed E-state index contributed by atoms with van der Waals surface area (Å²) in [6.45, 7) is 1.24. The van der Waals surface area contributed by atoms with Crippen molar-refractivity contribution < 1.29 is 41.3 Å². The van der Waals surface area contributed by atoms with Crippen molar-refractivity contribution in [2.24, 2.45) is 17.8 Å². The van der Waals surface area contributed by atoms with Crippen molar-refractivity contribution in [2.45, 2.75) is 120 Å². The molecule has 0 aromatic heterocycles. The molecule has 5 heterocycles. The molecule has 8 rings (SSSR count). The first-order chi connectivity index (χ1) is 26.9. The fraction of sp³-hybridized carbons (Fsp3) is 0.694. The van der Waals surface area contributed by atoms with Crippen LogP contribution < -0.4 is 26.0 Å². The van der Waals surface area contributed by atoms with Crippen LogP contribution in [0.5, 0.6) is 0 Å². The number of nitrogens with zero attached hydrogens (tertiary/aromatic N) is 1. The molecule has 10 unspecified atom stereocenters. The van der Waals surface area contributed by atoms with Gasteiger partial charge < -0.3 is 20.7 Å². The molecule has 0 bridgehead atoms. The minimum absolute atomic E-state index is 0.00361. The Kier molecular flexibility index (Phi) is 12.1. The summed E-state index contributed by atoms with van der Waals surface area (Å²) in [7, 11) is -4.39. The van der Waals surface area contributed by atoms with Crippen LogP contribution in [-0.2, 0) is 38.4 Å². The Morgan fingerprint density at radius 3 is 2.50 bits per heavy atom. The first-order valence-electron chi connectivity index (χ1n) is 19.5. The van der Waals surface area contributed by atoms with Crippen molar-refractivity contribution in [3.8, 4) is 0 Å². The van der Waals surface area contributed by atoms with Crippen LogP contribution in [-0.4, -0.2) is 106 Å². The third-order valence-electron chi connectivity index (χ3n) is 12.0. The van der Waals surface area contributed by atoms with Crippen molar-refractivity contribution in [1.82, 2.24) is 25.6 Å². The summed E-state index contributed by atoms with van der Waals surface area (Å²) >= 11 is 5.80. The fourth-order valence-corrected chi connectivity index (χ4v) is 16.0. The zero-order chi connectivity index (χ0) is 39.2. The normalized spacial score (nSPS) is 35.4. The van der Waals surface area contributed by atoms with Crippen LogP contribution in [0.2, 0.25) is 0 Å². The van der Waals surface area contributed by atoms with E-state index in [2.05, 4.69) is 21.3 Å². The molecule has 7 aliphatic rings. The SMILES string of the molecule is CCOS(=O)(=O)NC(=O)C1CC(C2CN(C(=O)C3CCSC3NC(=O)C3Nc4ccccc4S3)C(=O)O2)SC1NC(=O)C1NC2CCCCC2(C2CCCC2)S1. The smallest absolute Gasteiger partial charge is 0.417 e. The van der Waals surface area contributed by atoms with Gasteiger partial charge in [0.2, 0.25) is 17.7 Å². The maximum absolute atomic E-state index is 14.0. The number of fused-ring (bicyclic) bond motifs is 2. The second-order valence-electron chi connectivity index (χ2n) is 15.4. The predicted octanol–water partition coefficient (Wildman–Crippen LogP) is 3.57. The number of benzene rings is 1. The number of hydrogen-bond acceptors (Lipinski definition) is 15. The number of imide groups is 1. The lowest BCUT2D eigenvalue weighted by molar-refractivity contribution is -0.132. The lowest BCUT2D eigenvalue weighted by Gasteiger charge is -2.42. The molecule has 5 aliphatic heterocycles. The molecule has 5 N–H and O–H groups in total. The van der Waals surface area contributed by atoms with E-state index in [1.54, 1.807) is 11.8 Å². The molecule has 2 saturated carbocycles. The highest BCUT2D eigenvalue weighted by atomic mass is 32.2. The number of cyclic esters (lactones) is 1. The molecule has 56 heavy (non-hydrogen) atoms. The number of carbonyl (C=O) groups excluding carboxylic acids is 5. The first kappa shape index (κ1) is 40.4. The average Bonchev–Trinajstić information content (AvgIpc) is 4.02. The molecule has 5 amide bonds. The quantitative estimate of drug-likeness (QED) is 0.216. The Hall–Kier alpha value is -2.36. The van der Waals surface area contributed by atoms with Crippen molar-refractivity contribution in [3.63, 3.8) is 0 Å². The topological polar surface area (TPSA) is 201 Å². The second kappa shape index (κ2) is 16.7. The number of ether oxygens (including phenoxy) is 1. The molecular formula is C36H48N6O9S5. The monoisotopic (exact) mass is 868 g/mol. The summed E-state index contributed by atoms with van der Waals surface area (Å²) in [5, 5.41) is 9.90. The van der Waals surface area contributed by atoms with Gasteiger partial charge >= 0.3 is 16.4 Å². The number of amides is 5. The van der Waals surface area contributed by atoms with Crippen molar-refractivity contribution in [3.05, 3.63) is 24.3 Å². The van der Waals surface area contributed by atoms with Gasteiger partial charge in [-0.25, -0.2) is 14.4 Å². The summed E-state index contributed by atoms with van der Waals surface area (Å²) in [6, 6.07) is 7.86. The van der Waals surface area contributed by atoms with Gasteiger partial charge in [0, 0.05) is 26.6 Å². The molecule has 1 aromatic rings. The molecule has 306 valence electrons. The van der Waals surface area contributed by atoms with E-state index in [1.807, 2.05) is 29.0 Å². The molecule has 20 heteroatoms. The Morgan fingerprint density at radius 2 is 1.71 bits per heavy atom. The van der Waals surface area contributed by atoms with Crippen LogP contribution in [0.4, 0.5) is 10.5 Å². The Morgan fingerprint density at radius 1 is 0.964 bits per heavy atom. The van der Waals surface area contributed by atoms with Crippen molar-refractivity contribution >= 4 is 92.8 Å². The van der Waals surface area contributed by atoms with E-state index in [-0.39, 0.29) is 42.2 Å². The fourth-order valence-electron chi connectivity index (χ4n) is 9.39. The van der Waals surface area contributed by atoms with Crippen LogP contribution in [0.3, 0.4) is 0 Å². The molecular weight excluding hydrogens is 821 g/mol. The third kappa shape index (κ3) is 8.13. The van der Waals surface area contributed by atoms with Crippen LogP contribution in [0.25, 0.3) is 0 Å². The lowest BCUT2D eigenvalue weighted by atomic mass is 9.75. The van der Waals surface area contributed by atoms with E-state index in [0.29, 0.717) is 18.1 Å². The van der Waals surface area contributed by atoms with E-state index in [1.165, 1.54) is 55.1 Å². The zero-order valence-corrected chi connectivity index (χ0v) is 35.0. The van der Waals surface area contributed by atoms with Gasteiger partial charge in [0.25, 0.3) is 5.91 Å². The van der Waals surface area contributed by atoms with Crippen LogP contribution in [0, 0.1) is 17.8 Å². The Balaban J connectivity index is 0.926. The van der Waals surface area contributed by atoms with Crippen molar-refractivity contribution in [2.75, 3.05) is 24.2 Å². The number of nitrogens with one attached hydrogen (secondary N) is 5. The van der Waals surface area contributed by atoms with E-state index in [9.17, 15) is 32.4 Å². The van der Waals surface area contributed by atoms with Gasteiger partial charge in [0.05, 0.1) is 35.7 Å². The third-order valence-corrected chi connectivity index (χ3v) is 18.9. The minimum atomic E-state index is -4.39. The number of rotatable bonds is 11. The molecule has 0 spiro atoms. The zero-order valence-electron chi connectivity index (χ0n) is 30.9. The van der Waals surface area contributed by atoms with Gasteiger partial charge in [-0.15, -0.1) is 35.3 Å². The molecule has 15 nitrogen and oxygen atoms in total. The van der Waals surface area contributed by atoms with Gasteiger partial charge in [-0.1, -0.05) is 49.6 Å². The van der Waals surface area contributed by atoms with Crippen LogP contribution in [0.1, 0.15) is 71.1 Å². The molecule has 4 saturated heterocycles. The van der Waals surface area contributed by atoms with Crippen molar-refractivity contribution in [1.29, 1.82) is 0 Å². The van der Waals surface area contributed by atoms with Gasteiger partial charge in [0.1, 0.15) is 11.5 Å². The highest BCUT2D eigenvalue weighted by Crippen LogP contribution is 2.55. The highest BCUT2D eigenvalue weighted by Gasteiger charge is 2.56. The summed E-state index contributed by atoms with van der Waals surface area (Å²) < 4.78 is 37.5. The number of thioether (sulfide) groups is 4. The minimum Gasteiger partial charge on any atom is -0.443 e. The number of para-hydroxylation sites is 1. The van der Waals surface area contributed by atoms with Crippen LogP contribution in [0.15, 0.2) is 29.2 Å². The van der Waals surface area contributed by atoms with Crippen LogP contribution >= 0.6 is 47.0 Å². The highest BCUT2D eigenvalue weighted by molar-refractivity contribution is 8.02. The Bertz CT molecular complexity index is 1810. The first-order valence-corrected chi connectivity index (χ1v) is 24.7. The Labute approximate surface area is 343 Å². The van der Waals surface area contributed by atoms with Gasteiger partial charge in [-0.3, -0.25) is 28.7 Å². The van der Waals surface area contributed by atoms with Gasteiger partial charge in [-0.05, 0) is 69.3 Å². The summed E-state index contributed by atoms with van der Waals surface area (Å²) in [4.78, 5) is 70.1. The van der Waals surface area contributed by atoms with E-state index in [0.717, 1.165) is 54.0 Å². The maximum Gasteiger partial charge on any atom is 0.417 e. The molecule has 10 atom stereocenters. The van der Waals surface area contributed by atoms with E-state index < -0.39 is 72.9 Å². The number of hydrogen-bond donors (Lipinski definition) is 5. The summed E-state index contributed by atoms with van der Waals surface area (Å²) in [5.74, 6) is -2.28. The molecule has 2 aliphatic carbocycles. The van der Waals surface area contributed by atoms with Gasteiger partial charge in [-0.2, -0.15) is 8.42 Å². The lowest BCUT2D eigenvalue weighted by Crippen LogP contribution is -2.51. The molecule has 1 aromatic carbocycles. The second-order valence-corrected chi connectivity index (χ2v) is 22.0. The standard InChI is InChI=1S/C36H48N6O9S5/c1-2-50-56(48,49)41-27(43)21-17-25(54-31(21)40-29(45)33-38-26-13-7-8-15-36(26,55-33)19-9-3-4-10-19)23-18-42(35(47)51-23)34(46)20-14-16-52-30(20)39-28(44)32-37-22-11-5-6-12-24(22)53-32/h5-6,11-12,19-21,23,25-26,30-33,37-38H,2-4,7-10,13-18H2,1H3,(H,39,44)(H,40,45)(H,41,43). The van der Waals surface area contributed by atoms with E-state index in [4.69, 9.17) is 8.92 Å².